The smallest absolute Gasteiger partial charge is 0.257 e. The lowest BCUT2D eigenvalue weighted by Crippen LogP contribution is -2.15. The van der Waals surface area contributed by atoms with Crippen LogP contribution in [0.2, 0.25) is 0 Å². The summed E-state index contributed by atoms with van der Waals surface area (Å²) in [6, 6.07) is 9.57. The Bertz CT molecular complexity index is 652. The number of amides is 1. The van der Waals surface area contributed by atoms with Crippen LogP contribution in [0.25, 0.3) is 0 Å². The molecule has 0 saturated heterocycles. The Hall–Kier alpha value is -2.36. The van der Waals surface area contributed by atoms with Gasteiger partial charge in [0.05, 0.1) is 5.56 Å². The van der Waals surface area contributed by atoms with Crippen LogP contribution in [0, 0.1) is 6.92 Å². The maximum Gasteiger partial charge on any atom is 0.257 e. The van der Waals surface area contributed by atoms with Gasteiger partial charge in [0.15, 0.2) is 0 Å². The van der Waals surface area contributed by atoms with Crippen molar-refractivity contribution in [2.24, 2.45) is 0 Å². The van der Waals surface area contributed by atoms with Gasteiger partial charge in [-0.05, 0) is 55.7 Å². The molecular formula is C16H17N3O. The lowest BCUT2D eigenvalue weighted by molar-refractivity contribution is 0.102. The Kier molecular flexibility index (Phi) is 3.37. The highest BCUT2D eigenvalue weighted by molar-refractivity contribution is 6.05. The van der Waals surface area contributed by atoms with Gasteiger partial charge in [-0.1, -0.05) is 0 Å². The molecule has 2 aromatic rings. The van der Waals surface area contributed by atoms with Gasteiger partial charge in [0.2, 0.25) is 0 Å². The van der Waals surface area contributed by atoms with Crippen LogP contribution in [0.3, 0.4) is 0 Å². The lowest BCUT2D eigenvalue weighted by Gasteiger charge is -2.18. The first-order valence-electron chi connectivity index (χ1n) is 6.84. The van der Waals surface area contributed by atoms with E-state index < -0.39 is 0 Å². The third-order valence-electron chi connectivity index (χ3n) is 3.55. The number of fused-ring (bicyclic) bond motifs is 1. The number of anilines is 2. The number of rotatable bonds is 2. The molecule has 3 rings (SSSR count). The molecular weight excluding hydrogens is 250 g/mol. The average Bonchev–Trinajstić information content (AvgIpc) is 2.47. The molecule has 0 saturated carbocycles. The summed E-state index contributed by atoms with van der Waals surface area (Å²) in [5.41, 5.74) is 4.62. The standard InChI is InChI=1S/C16H17N3O/c1-11-14(5-3-8-17-11)16(20)19-13-6-7-15-12(10-13)4-2-9-18-15/h3,5-8,10,18H,2,4,9H2,1H3,(H,19,20). The number of nitrogens with one attached hydrogen (secondary N) is 2. The number of aryl methyl sites for hydroxylation is 2. The fourth-order valence-electron chi connectivity index (χ4n) is 2.48. The third kappa shape index (κ3) is 2.50. The fraction of sp³-hybridized carbons (Fsp3) is 0.250. The third-order valence-corrected chi connectivity index (χ3v) is 3.55. The molecule has 20 heavy (non-hydrogen) atoms. The predicted molar refractivity (Wildman–Crippen MR) is 80.2 cm³/mol. The first kappa shape index (κ1) is 12.7. The molecule has 0 aliphatic carbocycles. The van der Waals surface area contributed by atoms with E-state index in [0.29, 0.717) is 5.56 Å². The van der Waals surface area contributed by atoms with E-state index in [1.54, 1.807) is 18.3 Å². The highest BCUT2D eigenvalue weighted by Crippen LogP contribution is 2.25. The molecule has 1 aromatic heterocycles. The number of aromatic nitrogens is 1. The van der Waals surface area contributed by atoms with Crippen molar-refractivity contribution in [1.29, 1.82) is 0 Å². The molecule has 0 fully saturated rings. The Morgan fingerprint density at radius 2 is 2.25 bits per heavy atom. The van der Waals surface area contributed by atoms with Crippen molar-refractivity contribution in [3.63, 3.8) is 0 Å². The second kappa shape index (κ2) is 5.33. The van der Waals surface area contributed by atoms with Crippen LogP contribution in [0.5, 0.6) is 0 Å². The minimum atomic E-state index is -0.112. The molecule has 0 atom stereocenters. The lowest BCUT2D eigenvalue weighted by atomic mass is 10.0. The van der Waals surface area contributed by atoms with Gasteiger partial charge in [-0.3, -0.25) is 9.78 Å². The number of carbonyl (C=O) groups is 1. The largest absolute Gasteiger partial charge is 0.385 e. The minimum Gasteiger partial charge on any atom is -0.385 e. The minimum absolute atomic E-state index is 0.112. The summed E-state index contributed by atoms with van der Waals surface area (Å²) in [4.78, 5) is 16.4. The molecule has 0 bridgehead atoms. The molecule has 0 radical (unpaired) electrons. The summed E-state index contributed by atoms with van der Waals surface area (Å²) in [5.74, 6) is -0.112. The first-order valence-corrected chi connectivity index (χ1v) is 6.84. The summed E-state index contributed by atoms with van der Waals surface area (Å²) in [5, 5.41) is 6.30. The van der Waals surface area contributed by atoms with E-state index in [9.17, 15) is 4.79 Å². The van der Waals surface area contributed by atoms with Crippen molar-refractivity contribution >= 4 is 17.3 Å². The second-order valence-corrected chi connectivity index (χ2v) is 4.99. The Morgan fingerprint density at radius 1 is 1.35 bits per heavy atom. The number of benzene rings is 1. The molecule has 4 heteroatoms. The fourth-order valence-corrected chi connectivity index (χ4v) is 2.48. The average molecular weight is 267 g/mol. The first-order chi connectivity index (χ1) is 9.74. The van der Waals surface area contributed by atoms with E-state index >= 15 is 0 Å². The van der Waals surface area contributed by atoms with E-state index in [1.165, 1.54) is 11.3 Å². The van der Waals surface area contributed by atoms with Crippen molar-refractivity contribution in [2.45, 2.75) is 19.8 Å². The van der Waals surface area contributed by atoms with E-state index in [2.05, 4.69) is 15.6 Å². The molecule has 4 nitrogen and oxygen atoms in total. The van der Waals surface area contributed by atoms with Gasteiger partial charge >= 0.3 is 0 Å². The van der Waals surface area contributed by atoms with E-state index in [0.717, 1.165) is 30.8 Å². The van der Waals surface area contributed by atoms with Gasteiger partial charge in [0.25, 0.3) is 5.91 Å². The monoisotopic (exact) mass is 267 g/mol. The van der Waals surface area contributed by atoms with Crippen LogP contribution in [0.1, 0.15) is 28.0 Å². The van der Waals surface area contributed by atoms with Gasteiger partial charge in [-0.25, -0.2) is 0 Å². The summed E-state index contributed by atoms with van der Waals surface area (Å²) in [7, 11) is 0. The van der Waals surface area contributed by atoms with Crippen LogP contribution in [-0.4, -0.2) is 17.4 Å². The van der Waals surface area contributed by atoms with Crippen molar-refractivity contribution < 1.29 is 4.79 Å². The molecule has 1 aromatic carbocycles. The normalized spacial score (nSPS) is 13.2. The highest BCUT2D eigenvalue weighted by Gasteiger charge is 2.12. The number of pyridine rings is 1. The van der Waals surface area contributed by atoms with Crippen LogP contribution in [-0.2, 0) is 6.42 Å². The maximum atomic E-state index is 12.2. The molecule has 0 unspecified atom stereocenters. The molecule has 1 amide bonds. The maximum absolute atomic E-state index is 12.2. The predicted octanol–water partition coefficient (Wildman–Crippen LogP) is 3.00. The van der Waals surface area contributed by atoms with Crippen molar-refractivity contribution in [1.82, 2.24) is 4.98 Å². The summed E-state index contributed by atoms with van der Waals surface area (Å²) in [6.07, 6.45) is 3.88. The zero-order chi connectivity index (χ0) is 13.9. The van der Waals surface area contributed by atoms with E-state index in [1.807, 2.05) is 25.1 Å². The Balaban J connectivity index is 1.81. The molecule has 102 valence electrons. The van der Waals surface area contributed by atoms with Gasteiger partial charge in [0.1, 0.15) is 0 Å². The SMILES string of the molecule is Cc1ncccc1C(=O)Nc1ccc2c(c1)CCCN2. The number of nitrogens with zero attached hydrogens (tertiary/aromatic N) is 1. The zero-order valence-electron chi connectivity index (χ0n) is 11.4. The van der Waals surface area contributed by atoms with E-state index in [-0.39, 0.29) is 5.91 Å². The van der Waals surface area contributed by atoms with Crippen molar-refractivity contribution in [3.8, 4) is 0 Å². The second-order valence-electron chi connectivity index (χ2n) is 4.99. The van der Waals surface area contributed by atoms with Crippen LogP contribution in [0.4, 0.5) is 11.4 Å². The van der Waals surface area contributed by atoms with Crippen LogP contribution < -0.4 is 10.6 Å². The van der Waals surface area contributed by atoms with Crippen molar-refractivity contribution in [3.05, 3.63) is 53.3 Å². The van der Waals surface area contributed by atoms with Gasteiger partial charge < -0.3 is 10.6 Å². The summed E-state index contributed by atoms with van der Waals surface area (Å²) < 4.78 is 0. The van der Waals surface area contributed by atoms with Crippen molar-refractivity contribution in [2.75, 3.05) is 17.2 Å². The molecule has 1 aliphatic heterocycles. The molecule has 2 heterocycles. The van der Waals surface area contributed by atoms with Crippen LogP contribution >= 0.6 is 0 Å². The molecule has 0 spiro atoms. The van der Waals surface area contributed by atoms with Gasteiger partial charge in [-0.15, -0.1) is 0 Å². The van der Waals surface area contributed by atoms with Gasteiger partial charge in [-0.2, -0.15) is 0 Å². The number of carbonyl (C=O) groups excluding carboxylic acids is 1. The number of hydrogen-bond donors (Lipinski definition) is 2. The highest BCUT2D eigenvalue weighted by atomic mass is 16.1. The molecule has 2 N–H and O–H groups in total. The molecule has 1 aliphatic rings. The van der Waals surface area contributed by atoms with E-state index in [4.69, 9.17) is 0 Å². The Labute approximate surface area is 118 Å². The number of hydrogen-bond acceptors (Lipinski definition) is 3. The zero-order valence-corrected chi connectivity index (χ0v) is 11.4. The van der Waals surface area contributed by atoms with Gasteiger partial charge in [0, 0.05) is 29.8 Å². The Morgan fingerprint density at radius 3 is 3.10 bits per heavy atom. The van der Waals surface area contributed by atoms with Crippen LogP contribution in [0.15, 0.2) is 36.5 Å². The summed E-state index contributed by atoms with van der Waals surface area (Å²) in [6.45, 7) is 2.86. The topological polar surface area (TPSA) is 54.0 Å². The quantitative estimate of drug-likeness (QED) is 0.879. The summed E-state index contributed by atoms with van der Waals surface area (Å²) >= 11 is 0.